The molecule has 0 atom stereocenters. The Balaban J connectivity index is 1.57. The molecule has 0 saturated heterocycles. The van der Waals surface area contributed by atoms with Gasteiger partial charge in [0.15, 0.2) is 0 Å². The first-order valence-corrected chi connectivity index (χ1v) is 13.0. The van der Waals surface area contributed by atoms with E-state index in [1.54, 1.807) is 50.2 Å². The molecular formula is C22H24N4O4S2. The number of fused-ring (bicyclic) bond motifs is 1. The molecule has 32 heavy (non-hydrogen) atoms. The summed E-state index contributed by atoms with van der Waals surface area (Å²) in [5.41, 5.74) is 3.24. The van der Waals surface area contributed by atoms with Crippen molar-refractivity contribution < 1.29 is 16.8 Å². The number of aromatic nitrogens is 3. The summed E-state index contributed by atoms with van der Waals surface area (Å²) in [6.07, 6.45) is 1.94. The fraction of sp³-hybridized carbons (Fsp3) is 0.227. The van der Waals surface area contributed by atoms with Crippen LogP contribution in [0.15, 0.2) is 64.5 Å². The molecule has 0 amide bonds. The van der Waals surface area contributed by atoms with E-state index in [0.29, 0.717) is 23.3 Å². The average molecular weight is 473 g/mol. The lowest BCUT2D eigenvalue weighted by Gasteiger charge is -2.10. The van der Waals surface area contributed by atoms with E-state index in [0.717, 1.165) is 16.5 Å². The van der Waals surface area contributed by atoms with Gasteiger partial charge in [-0.3, -0.25) is 5.10 Å². The molecule has 10 heteroatoms. The van der Waals surface area contributed by atoms with E-state index in [2.05, 4.69) is 14.9 Å². The number of benzene rings is 2. The summed E-state index contributed by atoms with van der Waals surface area (Å²) in [5.74, 6) is 0. The monoisotopic (exact) mass is 472 g/mol. The highest BCUT2D eigenvalue weighted by Crippen LogP contribution is 2.24. The quantitative estimate of drug-likeness (QED) is 0.429. The number of nitrogens with zero attached hydrogens (tertiary/aromatic N) is 2. The molecule has 0 radical (unpaired) electrons. The number of nitrogens with one attached hydrogen (secondary N) is 2. The summed E-state index contributed by atoms with van der Waals surface area (Å²) in [5, 5.41) is 7.40. The van der Waals surface area contributed by atoms with Gasteiger partial charge >= 0.3 is 0 Å². The molecule has 2 heterocycles. The summed E-state index contributed by atoms with van der Waals surface area (Å²) in [4.78, 5) is 0.371. The third-order valence-corrected chi connectivity index (χ3v) is 8.76. The van der Waals surface area contributed by atoms with Crippen molar-refractivity contribution in [3.63, 3.8) is 0 Å². The zero-order chi connectivity index (χ0) is 23.1. The minimum Gasteiger partial charge on any atom is -0.281 e. The van der Waals surface area contributed by atoms with Gasteiger partial charge in [-0.15, -0.1) is 0 Å². The lowest BCUT2D eigenvalue weighted by Crippen LogP contribution is -2.26. The Morgan fingerprint density at radius 3 is 2.34 bits per heavy atom. The van der Waals surface area contributed by atoms with Gasteiger partial charge in [0.1, 0.15) is 4.90 Å². The molecule has 0 aliphatic rings. The summed E-state index contributed by atoms with van der Waals surface area (Å²) >= 11 is 0. The topological polar surface area (TPSA) is 114 Å². The molecule has 0 bridgehead atoms. The normalized spacial score (nSPS) is 12.5. The van der Waals surface area contributed by atoms with E-state index < -0.39 is 20.0 Å². The van der Waals surface area contributed by atoms with Crippen LogP contribution in [0.2, 0.25) is 0 Å². The Bertz CT molecular complexity index is 1480. The minimum absolute atomic E-state index is 0.158. The second-order valence-corrected chi connectivity index (χ2v) is 11.3. The number of sulfonamides is 1. The predicted octanol–water partition coefficient (Wildman–Crippen LogP) is 3.05. The third-order valence-electron chi connectivity index (χ3n) is 5.33. The Hall–Kier alpha value is -2.95. The smallest absolute Gasteiger partial charge is 0.268 e. The van der Waals surface area contributed by atoms with E-state index in [4.69, 9.17) is 0 Å². The number of aromatic amines is 1. The third kappa shape index (κ3) is 4.08. The highest BCUT2D eigenvalue weighted by Gasteiger charge is 2.22. The van der Waals surface area contributed by atoms with Gasteiger partial charge in [-0.25, -0.2) is 25.5 Å². The van der Waals surface area contributed by atoms with Gasteiger partial charge in [-0.2, -0.15) is 5.10 Å². The first-order valence-electron chi connectivity index (χ1n) is 10.0. The van der Waals surface area contributed by atoms with Crippen LogP contribution in [-0.2, 0) is 26.5 Å². The Morgan fingerprint density at radius 1 is 0.969 bits per heavy atom. The zero-order valence-electron chi connectivity index (χ0n) is 18.0. The lowest BCUT2D eigenvalue weighted by atomic mass is 10.1. The zero-order valence-corrected chi connectivity index (χ0v) is 19.6. The van der Waals surface area contributed by atoms with E-state index in [-0.39, 0.29) is 16.3 Å². The second kappa shape index (κ2) is 8.19. The molecular weight excluding hydrogens is 448 g/mol. The number of rotatable bonds is 7. The van der Waals surface area contributed by atoms with Gasteiger partial charge < -0.3 is 0 Å². The first-order chi connectivity index (χ1) is 15.1. The Kier molecular flexibility index (Phi) is 5.70. The number of H-pyrrole nitrogens is 1. The molecule has 0 aliphatic heterocycles. The maximum Gasteiger partial charge on any atom is 0.268 e. The largest absolute Gasteiger partial charge is 0.281 e. The molecule has 4 aromatic rings. The molecule has 0 aliphatic carbocycles. The van der Waals surface area contributed by atoms with Crippen molar-refractivity contribution in [3.8, 4) is 0 Å². The Labute approximate surface area is 187 Å². The summed E-state index contributed by atoms with van der Waals surface area (Å²) < 4.78 is 55.3. The number of hydrogen-bond donors (Lipinski definition) is 2. The maximum absolute atomic E-state index is 13.1. The van der Waals surface area contributed by atoms with Gasteiger partial charge in [0.25, 0.3) is 10.0 Å². The molecule has 2 N–H and O–H groups in total. The first kappa shape index (κ1) is 22.3. The average Bonchev–Trinajstić information content (AvgIpc) is 3.31. The molecule has 0 unspecified atom stereocenters. The summed E-state index contributed by atoms with van der Waals surface area (Å²) in [6.45, 7) is 5.36. The lowest BCUT2D eigenvalue weighted by molar-refractivity contribution is 0.580. The van der Waals surface area contributed by atoms with Crippen molar-refractivity contribution >= 4 is 30.9 Å². The molecule has 8 nitrogen and oxygen atoms in total. The number of aryl methyl sites for hydroxylation is 3. The number of hydrogen-bond acceptors (Lipinski definition) is 5. The molecule has 2 aromatic heterocycles. The molecule has 168 valence electrons. The molecule has 0 spiro atoms. The van der Waals surface area contributed by atoms with Crippen LogP contribution in [0.3, 0.4) is 0 Å². The van der Waals surface area contributed by atoms with Crippen molar-refractivity contribution in [1.82, 2.24) is 18.9 Å². The fourth-order valence-electron chi connectivity index (χ4n) is 3.68. The molecule has 2 aromatic carbocycles. The van der Waals surface area contributed by atoms with Crippen LogP contribution in [0, 0.1) is 20.8 Å². The van der Waals surface area contributed by atoms with Crippen LogP contribution in [0.25, 0.3) is 10.9 Å². The Morgan fingerprint density at radius 2 is 1.69 bits per heavy atom. The minimum atomic E-state index is -3.74. The van der Waals surface area contributed by atoms with Crippen LogP contribution in [0.5, 0.6) is 0 Å². The molecule has 4 rings (SSSR count). The van der Waals surface area contributed by atoms with Crippen molar-refractivity contribution in [3.05, 3.63) is 77.2 Å². The van der Waals surface area contributed by atoms with Gasteiger partial charge in [0, 0.05) is 18.1 Å². The van der Waals surface area contributed by atoms with E-state index in [1.807, 2.05) is 19.1 Å². The maximum atomic E-state index is 13.1. The van der Waals surface area contributed by atoms with Gasteiger partial charge in [-0.1, -0.05) is 29.8 Å². The summed E-state index contributed by atoms with van der Waals surface area (Å²) in [6, 6.07) is 13.9. The predicted molar refractivity (Wildman–Crippen MR) is 123 cm³/mol. The van der Waals surface area contributed by atoms with Crippen LogP contribution >= 0.6 is 0 Å². The standard InChI is InChI=1S/C22H24N4O4S2/c1-15-4-8-20(9-5-15)32(29,30)26-13-11-19-7-6-18(14-21(19)26)10-12-23-31(27,28)22-16(2)24-25-17(22)3/h4-9,11,13-14,23H,10,12H2,1-3H3,(H,24,25). The van der Waals surface area contributed by atoms with Crippen LogP contribution < -0.4 is 4.72 Å². The van der Waals surface area contributed by atoms with E-state index >= 15 is 0 Å². The van der Waals surface area contributed by atoms with Crippen molar-refractivity contribution in [1.29, 1.82) is 0 Å². The highest BCUT2D eigenvalue weighted by atomic mass is 32.2. The summed E-state index contributed by atoms with van der Waals surface area (Å²) in [7, 11) is -7.44. The molecule has 0 saturated carbocycles. The van der Waals surface area contributed by atoms with Gasteiger partial charge in [0.05, 0.1) is 21.8 Å². The second-order valence-electron chi connectivity index (χ2n) is 7.73. The van der Waals surface area contributed by atoms with Gasteiger partial charge in [-0.05, 0) is 57.0 Å². The fourth-order valence-corrected chi connectivity index (χ4v) is 6.42. The van der Waals surface area contributed by atoms with Crippen molar-refractivity contribution in [2.24, 2.45) is 0 Å². The van der Waals surface area contributed by atoms with E-state index in [1.165, 1.54) is 10.2 Å². The SMILES string of the molecule is Cc1ccc(S(=O)(=O)n2ccc3ccc(CCNS(=O)(=O)c4c(C)n[nH]c4C)cc32)cc1. The van der Waals surface area contributed by atoms with E-state index in [9.17, 15) is 16.8 Å². The molecule has 0 fully saturated rings. The van der Waals surface area contributed by atoms with Crippen molar-refractivity contribution in [2.45, 2.75) is 37.0 Å². The van der Waals surface area contributed by atoms with Crippen LogP contribution in [0.1, 0.15) is 22.5 Å². The van der Waals surface area contributed by atoms with Crippen LogP contribution in [-0.4, -0.2) is 37.6 Å². The van der Waals surface area contributed by atoms with Crippen molar-refractivity contribution in [2.75, 3.05) is 6.54 Å². The highest BCUT2D eigenvalue weighted by molar-refractivity contribution is 7.90. The van der Waals surface area contributed by atoms with Gasteiger partial charge in [0.2, 0.25) is 10.0 Å². The van der Waals surface area contributed by atoms with Crippen LogP contribution in [0.4, 0.5) is 0 Å².